The van der Waals surface area contributed by atoms with Crippen molar-refractivity contribution in [3.05, 3.63) is 138 Å². The first-order valence-electron chi connectivity index (χ1n) is 11.8. The Balaban J connectivity index is 1.62. The second-order valence-corrected chi connectivity index (χ2v) is 8.45. The van der Waals surface area contributed by atoms with Crippen molar-refractivity contribution in [2.45, 2.75) is 32.0 Å². The summed E-state index contributed by atoms with van der Waals surface area (Å²) in [6.07, 6.45) is 4.09. The number of benzene rings is 3. The Labute approximate surface area is 206 Å². The predicted molar refractivity (Wildman–Crippen MR) is 137 cm³/mol. The second kappa shape index (κ2) is 12.3. The molecule has 4 rings (SSSR count). The minimum atomic E-state index is -0.662. The van der Waals surface area contributed by atoms with E-state index in [1.165, 1.54) is 0 Å². The van der Waals surface area contributed by atoms with Crippen LogP contribution in [0.15, 0.2) is 116 Å². The first kappa shape index (κ1) is 23.9. The van der Waals surface area contributed by atoms with Crippen molar-refractivity contribution in [2.24, 2.45) is 0 Å². The molecule has 0 aliphatic heterocycles. The van der Waals surface area contributed by atoms with Crippen LogP contribution in [0.4, 0.5) is 0 Å². The van der Waals surface area contributed by atoms with Gasteiger partial charge in [0, 0.05) is 31.9 Å². The van der Waals surface area contributed by atoms with Gasteiger partial charge >= 0.3 is 0 Å². The van der Waals surface area contributed by atoms with E-state index >= 15 is 0 Å². The summed E-state index contributed by atoms with van der Waals surface area (Å²) >= 11 is 0. The number of hydrogen-bond acceptors (Lipinski definition) is 3. The fourth-order valence-corrected chi connectivity index (χ4v) is 4.02. The molecule has 0 bridgehead atoms. The lowest BCUT2D eigenvalue weighted by atomic mass is 10.0. The summed E-state index contributed by atoms with van der Waals surface area (Å²) in [6, 6.07) is 32.4. The highest BCUT2D eigenvalue weighted by Crippen LogP contribution is 2.17. The van der Waals surface area contributed by atoms with E-state index in [1.54, 1.807) is 17.3 Å². The maximum Gasteiger partial charge on any atom is 0.243 e. The number of aromatic nitrogens is 1. The monoisotopic (exact) mass is 463 g/mol. The van der Waals surface area contributed by atoms with Gasteiger partial charge in [0.05, 0.1) is 6.42 Å². The number of rotatable bonds is 10. The molecular formula is C30H29N3O2. The second-order valence-electron chi connectivity index (χ2n) is 8.45. The van der Waals surface area contributed by atoms with Crippen molar-refractivity contribution in [1.29, 1.82) is 0 Å². The van der Waals surface area contributed by atoms with Crippen molar-refractivity contribution >= 4 is 11.8 Å². The Bertz CT molecular complexity index is 1200. The summed E-state index contributed by atoms with van der Waals surface area (Å²) in [6.45, 7) is 0.703. The van der Waals surface area contributed by atoms with Crippen LogP contribution >= 0.6 is 0 Å². The molecule has 5 nitrogen and oxygen atoms in total. The molecule has 176 valence electrons. The summed E-state index contributed by atoms with van der Waals surface area (Å²) < 4.78 is 0. The van der Waals surface area contributed by atoms with E-state index < -0.39 is 6.04 Å². The highest BCUT2D eigenvalue weighted by atomic mass is 16.2. The van der Waals surface area contributed by atoms with Gasteiger partial charge in [-0.3, -0.25) is 14.6 Å². The molecule has 0 radical (unpaired) electrons. The summed E-state index contributed by atoms with van der Waals surface area (Å²) in [4.78, 5) is 33.1. The van der Waals surface area contributed by atoms with Gasteiger partial charge in [0.25, 0.3) is 0 Å². The standard InChI is InChI=1S/C30H29N3O2/c34-29(20-25-13-6-2-7-14-25)33(23-26-15-8-3-9-16-26)28(19-24-11-4-1-5-12-24)30(35)32-22-27-17-10-18-31-21-27/h1-18,21,28H,19-20,22-23H2,(H,32,35)/t28-/m1/s1. The third-order valence-electron chi connectivity index (χ3n) is 5.85. The summed E-state index contributed by atoms with van der Waals surface area (Å²) in [5, 5.41) is 3.03. The minimum absolute atomic E-state index is 0.0856. The van der Waals surface area contributed by atoms with Crippen LogP contribution in [0.2, 0.25) is 0 Å². The number of amides is 2. The smallest absolute Gasteiger partial charge is 0.243 e. The van der Waals surface area contributed by atoms with Gasteiger partial charge in [-0.15, -0.1) is 0 Å². The van der Waals surface area contributed by atoms with Gasteiger partial charge in [-0.05, 0) is 28.3 Å². The molecule has 0 saturated carbocycles. The summed E-state index contributed by atoms with van der Waals surface area (Å²) in [5.41, 5.74) is 3.81. The molecule has 1 aromatic heterocycles. The Kier molecular flexibility index (Phi) is 8.38. The predicted octanol–water partition coefficient (Wildman–Crippen LogP) is 4.58. The first-order chi connectivity index (χ1) is 17.2. The molecule has 0 saturated heterocycles. The van der Waals surface area contributed by atoms with Crippen molar-refractivity contribution in [1.82, 2.24) is 15.2 Å². The molecule has 0 aliphatic rings. The maximum atomic E-state index is 13.7. The van der Waals surface area contributed by atoms with Crippen LogP contribution in [-0.2, 0) is 35.5 Å². The highest BCUT2D eigenvalue weighted by molar-refractivity contribution is 5.88. The van der Waals surface area contributed by atoms with Gasteiger partial charge < -0.3 is 10.2 Å². The van der Waals surface area contributed by atoms with Crippen molar-refractivity contribution in [2.75, 3.05) is 0 Å². The largest absolute Gasteiger partial charge is 0.350 e. The molecular weight excluding hydrogens is 434 g/mol. The highest BCUT2D eigenvalue weighted by Gasteiger charge is 2.30. The van der Waals surface area contributed by atoms with Crippen LogP contribution in [0, 0.1) is 0 Å². The molecule has 2 amide bonds. The lowest BCUT2D eigenvalue weighted by Crippen LogP contribution is -2.50. The van der Waals surface area contributed by atoms with Gasteiger partial charge in [0.15, 0.2) is 0 Å². The topological polar surface area (TPSA) is 62.3 Å². The van der Waals surface area contributed by atoms with Crippen molar-refractivity contribution in [3.8, 4) is 0 Å². The lowest BCUT2D eigenvalue weighted by molar-refractivity contribution is -0.140. The Morgan fingerprint density at radius 3 is 1.89 bits per heavy atom. The normalized spacial score (nSPS) is 11.4. The van der Waals surface area contributed by atoms with E-state index in [1.807, 2.05) is 103 Å². The zero-order valence-electron chi connectivity index (χ0n) is 19.6. The van der Waals surface area contributed by atoms with E-state index in [-0.39, 0.29) is 18.2 Å². The SMILES string of the molecule is O=C(NCc1cccnc1)[C@@H](Cc1ccccc1)N(Cc1ccccc1)C(=O)Cc1ccccc1. The van der Waals surface area contributed by atoms with Gasteiger partial charge in [0.1, 0.15) is 6.04 Å². The van der Waals surface area contributed by atoms with Crippen molar-refractivity contribution < 1.29 is 9.59 Å². The number of nitrogens with one attached hydrogen (secondary N) is 1. The van der Waals surface area contributed by atoms with Crippen LogP contribution in [0.1, 0.15) is 22.3 Å². The number of pyridine rings is 1. The van der Waals surface area contributed by atoms with E-state index in [0.717, 1.165) is 22.3 Å². The van der Waals surface area contributed by atoms with Gasteiger partial charge in [0.2, 0.25) is 11.8 Å². The molecule has 5 heteroatoms. The average molecular weight is 464 g/mol. The van der Waals surface area contributed by atoms with Crippen LogP contribution < -0.4 is 5.32 Å². The number of carbonyl (C=O) groups excluding carboxylic acids is 2. The minimum Gasteiger partial charge on any atom is -0.350 e. The van der Waals surface area contributed by atoms with Gasteiger partial charge in [-0.25, -0.2) is 0 Å². The van der Waals surface area contributed by atoms with Crippen LogP contribution in [0.25, 0.3) is 0 Å². The quantitative estimate of drug-likeness (QED) is 0.374. The molecule has 3 aromatic carbocycles. The molecule has 0 aliphatic carbocycles. The molecule has 4 aromatic rings. The Hall–Kier alpha value is -4.25. The molecule has 1 heterocycles. The Morgan fingerprint density at radius 1 is 0.714 bits per heavy atom. The summed E-state index contributed by atoms with van der Waals surface area (Å²) in [7, 11) is 0. The molecule has 35 heavy (non-hydrogen) atoms. The average Bonchev–Trinajstić information content (AvgIpc) is 2.91. The molecule has 0 spiro atoms. The van der Waals surface area contributed by atoms with E-state index in [9.17, 15) is 9.59 Å². The molecule has 1 atom stereocenters. The third-order valence-corrected chi connectivity index (χ3v) is 5.85. The number of hydrogen-bond donors (Lipinski definition) is 1. The fourth-order valence-electron chi connectivity index (χ4n) is 4.02. The lowest BCUT2D eigenvalue weighted by Gasteiger charge is -2.31. The van der Waals surface area contributed by atoms with Crippen LogP contribution in [0.3, 0.4) is 0 Å². The van der Waals surface area contributed by atoms with Gasteiger partial charge in [-0.2, -0.15) is 0 Å². The van der Waals surface area contributed by atoms with Crippen LogP contribution in [0.5, 0.6) is 0 Å². The van der Waals surface area contributed by atoms with Crippen LogP contribution in [-0.4, -0.2) is 27.7 Å². The number of nitrogens with zero attached hydrogens (tertiary/aromatic N) is 2. The molecule has 0 unspecified atom stereocenters. The number of carbonyl (C=O) groups is 2. The van der Waals surface area contributed by atoms with E-state index in [0.29, 0.717) is 19.5 Å². The molecule has 1 N–H and O–H groups in total. The maximum absolute atomic E-state index is 13.7. The third kappa shape index (κ3) is 7.11. The van der Waals surface area contributed by atoms with Gasteiger partial charge in [-0.1, -0.05) is 97.1 Å². The summed E-state index contributed by atoms with van der Waals surface area (Å²) in [5.74, 6) is -0.271. The van der Waals surface area contributed by atoms with E-state index in [4.69, 9.17) is 0 Å². The fraction of sp³-hybridized carbons (Fsp3) is 0.167. The van der Waals surface area contributed by atoms with Crippen molar-refractivity contribution in [3.63, 3.8) is 0 Å². The van der Waals surface area contributed by atoms with E-state index in [2.05, 4.69) is 10.3 Å². The zero-order chi connectivity index (χ0) is 24.3. The first-order valence-corrected chi connectivity index (χ1v) is 11.8. The molecule has 0 fully saturated rings. The zero-order valence-corrected chi connectivity index (χ0v) is 19.6. The Morgan fingerprint density at radius 2 is 1.29 bits per heavy atom.